The second kappa shape index (κ2) is 13.3. The topological polar surface area (TPSA) is 72.8 Å². The molecule has 7 heteroatoms. The van der Waals surface area contributed by atoms with Gasteiger partial charge in [0.1, 0.15) is 40.7 Å². The van der Waals surface area contributed by atoms with Crippen molar-refractivity contribution in [2.45, 2.75) is 39.7 Å². The van der Waals surface area contributed by atoms with Gasteiger partial charge in [0.2, 0.25) is 0 Å². The van der Waals surface area contributed by atoms with Gasteiger partial charge in [-0.05, 0) is 62.2 Å². The van der Waals surface area contributed by atoms with Crippen LogP contribution in [-0.2, 0) is 4.74 Å². The lowest BCUT2D eigenvalue weighted by molar-refractivity contribution is 0.0919. The smallest absolute Gasteiger partial charge is 0.131 e. The van der Waals surface area contributed by atoms with Gasteiger partial charge < -0.3 is 24.6 Å². The number of aliphatic hydroxyl groups is 1. The van der Waals surface area contributed by atoms with Crippen molar-refractivity contribution in [1.82, 2.24) is 4.98 Å². The zero-order valence-corrected chi connectivity index (χ0v) is 21.1. The van der Waals surface area contributed by atoms with Crippen molar-refractivity contribution in [2.24, 2.45) is 0 Å². The van der Waals surface area contributed by atoms with Crippen LogP contribution in [0.1, 0.15) is 44.7 Å². The van der Waals surface area contributed by atoms with E-state index in [4.69, 9.17) is 14.2 Å². The summed E-state index contributed by atoms with van der Waals surface area (Å²) in [5.41, 5.74) is 2.27. The van der Waals surface area contributed by atoms with Crippen LogP contribution in [0.3, 0.4) is 0 Å². The summed E-state index contributed by atoms with van der Waals surface area (Å²) in [5.74, 6) is 1.92. The second-order valence-electron chi connectivity index (χ2n) is 8.22. The zero-order chi connectivity index (χ0) is 25.9. The highest BCUT2D eigenvalue weighted by atomic mass is 19.1. The molecule has 0 aliphatic rings. The molecule has 1 aromatic heterocycles. The van der Waals surface area contributed by atoms with Gasteiger partial charge in [0.15, 0.2) is 0 Å². The molecule has 1 unspecified atom stereocenters. The maximum Gasteiger partial charge on any atom is 0.131 e. The van der Waals surface area contributed by atoms with E-state index in [2.05, 4.69) is 10.3 Å². The van der Waals surface area contributed by atoms with Crippen molar-refractivity contribution in [1.29, 1.82) is 0 Å². The summed E-state index contributed by atoms with van der Waals surface area (Å²) in [6.07, 6.45) is 6.72. The first-order valence-corrected chi connectivity index (χ1v) is 12.0. The summed E-state index contributed by atoms with van der Waals surface area (Å²) in [6.45, 7) is 6.34. The molecule has 0 bridgehead atoms. The molecule has 3 aromatic rings. The Labute approximate surface area is 212 Å². The molecule has 190 valence electrons. The quantitative estimate of drug-likeness (QED) is 0.254. The van der Waals surface area contributed by atoms with Crippen molar-refractivity contribution in [3.63, 3.8) is 0 Å². The van der Waals surface area contributed by atoms with E-state index in [0.29, 0.717) is 35.2 Å². The Bertz CT molecular complexity index is 1190. The van der Waals surface area contributed by atoms with Crippen LogP contribution in [0.25, 0.3) is 11.5 Å². The number of halogens is 1. The molecule has 0 saturated carbocycles. The number of rotatable bonds is 12. The number of benzene rings is 2. The van der Waals surface area contributed by atoms with E-state index in [1.165, 1.54) is 12.1 Å². The third kappa shape index (κ3) is 7.85. The van der Waals surface area contributed by atoms with Crippen LogP contribution in [0.2, 0.25) is 0 Å². The van der Waals surface area contributed by atoms with Gasteiger partial charge in [-0.25, -0.2) is 9.37 Å². The molecule has 0 saturated heterocycles. The number of pyridine rings is 1. The number of ether oxygens (including phenoxy) is 3. The molecular weight excluding hydrogens is 459 g/mol. The van der Waals surface area contributed by atoms with Gasteiger partial charge in [-0.2, -0.15) is 0 Å². The fourth-order valence-electron chi connectivity index (χ4n) is 3.54. The predicted octanol–water partition coefficient (Wildman–Crippen LogP) is 7.60. The van der Waals surface area contributed by atoms with Gasteiger partial charge in [-0.3, -0.25) is 0 Å². The molecule has 1 heterocycles. The van der Waals surface area contributed by atoms with Gasteiger partial charge in [-0.15, -0.1) is 0 Å². The molecule has 2 N–H and O–H groups in total. The van der Waals surface area contributed by atoms with Crippen molar-refractivity contribution in [3.05, 3.63) is 89.9 Å². The molecule has 0 amide bonds. The number of nitrogens with zero attached hydrogens (tertiary/aromatic N) is 1. The fraction of sp³-hybridized carbons (Fsp3) is 0.276. The molecular formula is C29H33FN2O4. The minimum absolute atomic E-state index is 0.183. The summed E-state index contributed by atoms with van der Waals surface area (Å²) in [6, 6.07) is 15.1. The van der Waals surface area contributed by atoms with Crippen LogP contribution in [0.5, 0.6) is 17.2 Å². The molecule has 0 fully saturated rings. The summed E-state index contributed by atoms with van der Waals surface area (Å²) in [7, 11) is 1.62. The lowest BCUT2D eigenvalue weighted by Gasteiger charge is -2.18. The Morgan fingerprint density at radius 1 is 1.00 bits per heavy atom. The number of anilines is 1. The van der Waals surface area contributed by atoms with E-state index >= 15 is 0 Å². The number of aromatic nitrogens is 1. The van der Waals surface area contributed by atoms with Crippen LogP contribution in [0.4, 0.5) is 10.2 Å². The molecule has 0 aliphatic carbocycles. The summed E-state index contributed by atoms with van der Waals surface area (Å²) >= 11 is 0. The van der Waals surface area contributed by atoms with Crippen molar-refractivity contribution < 1.29 is 23.7 Å². The first kappa shape index (κ1) is 26.8. The molecule has 1 atom stereocenters. The Balaban J connectivity index is 1.93. The van der Waals surface area contributed by atoms with Crippen LogP contribution >= 0.6 is 0 Å². The highest BCUT2D eigenvalue weighted by Crippen LogP contribution is 2.32. The van der Waals surface area contributed by atoms with Crippen LogP contribution < -0.4 is 14.8 Å². The van der Waals surface area contributed by atoms with E-state index in [1.54, 1.807) is 37.6 Å². The van der Waals surface area contributed by atoms with E-state index in [1.807, 2.05) is 51.1 Å². The molecule has 0 radical (unpaired) electrons. The summed E-state index contributed by atoms with van der Waals surface area (Å²) < 4.78 is 30.9. The fourth-order valence-corrected chi connectivity index (χ4v) is 3.54. The number of hydrogen-bond acceptors (Lipinski definition) is 6. The van der Waals surface area contributed by atoms with Gasteiger partial charge >= 0.3 is 0 Å². The summed E-state index contributed by atoms with van der Waals surface area (Å²) in [4.78, 5) is 4.45. The standard InChI is InChI=1S/C29H33FN2O4/c1-5-8-27(32-29-13-12-21(18-31-29)28(33)9-6-2)22-14-25(35-20(3)19-34-4)17-26(15-22)36-24-11-7-10-23(30)16-24/h7-18,20,33H,5-6,19H2,1-4H3,(H,31,32)/b27-8+,28-9?. The molecule has 2 aromatic carbocycles. The number of methoxy groups -OCH3 is 1. The normalized spacial score (nSPS) is 12.8. The van der Waals surface area contributed by atoms with Crippen LogP contribution in [0, 0.1) is 5.82 Å². The lowest BCUT2D eigenvalue weighted by atomic mass is 10.1. The first-order chi connectivity index (χ1) is 17.4. The molecule has 6 nitrogen and oxygen atoms in total. The van der Waals surface area contributed by atoms with Gasteiger partial charge in [-0.1, -0.05) is 26.0 Å². The van der Waals surface area contributed by atoms with Crippen molar-refractivity contribution in [2.75, 3.05) is 19.0 Å². The Morgan fingerprint density at radius 2 is 1.78 bits per heavy atom. The number of aliphatic hydroxyl groups excluding tert-OH is 1. The highest BCUT2D eigenvalue weighted by Gasteiger charge is 2.12. The van der Waals surface area contributed by atoms with E-state index in [0.717, 1.165) is 24.1 Å². The predicted molar refractivity (Wildman–Crippen MR) is 142 cm³/mol. The Kier molecular flexibility index (Phi) is 9.89. The largest absolute Gasteiger partial charge is 0.508 e. The van der Waals surface area contributed by atoms with Crippen LogP contribution in [0.15, 0.2) is 72.9 Å². The average molecular weight is 493 g/mol. The monoisotopic (exact) mass is 492 g/mol. The minimum Gasteiger partial charge on any atom is -0.508 e. The maximum absolute atomic E-state index is 13.7. The van der Waals surface area contributed by atoms with E-state index < -0.39 is 0 Å². The average Bonchev–Trinajstić information content (AvgIpc) is 2.84. The molecule has 0 spiro atoms. The number of hydrogen-bond donors (Lipinski definition) is 2. The van der Waals surface area contributed by atoms with Gasteiger partial charge in [0.05, 0.1) is 6.61 Å². The second-order valence-corrected chi connectivity index (χ2v) is 8.22. The SMILES string of the molecule is CCC=C(O)c1ccc(N/C(=C/CC)c2cc(Oc3cccc(F)c3)cc(OC(C)COC)c2)nc1. The van der Waals surface area contributed by atoms with Crippen LogP contribution in [-0.4, -0.2) is 29.9 Å². The maximum atomic E-state index is 13.7. The van der Waals surface area contributed by atoms with Gasteiger partial charge in [0.25, 0.3) is 0 Å². The Morgan fingerprint density at radius 3 is 2.44 bits per heavy atom. The van der Waals surface area contributed by atoms with Crippen molar-refractivity contribution >= 4 is 17.3 Å². The Hall–Kier alpha value is -3.84. The highest BCUT2D eigenvalue weighted by molar-refractivity contribution is 5.77. The van der Waals surface area contributed by atoms with Gasteiger partial charge in [0, 0.05) is 42.3 Å². The first-order valence-electron chi connectivity index (χ1n) is 12.0. The lowest BCUT2D eigenvalue weighted by Crippen LogP contribution is -2.18. The third-order valence-electron chi connectivity index (χ3n) is 5.09. The minimum atomic E-state index is -0.378. The van der Waals surface area contributed by atoms with Crippen molar-refractivity contribution in [3.8, 4) is 17.2 Å². The number of nitrogens with one attached hydrogen (secondary N) is 1. The summed E-state index contributed by atoms with van der Waals surface area (Å²) in [5, 5.41) is 13.4. The molecule has 36 heavy (non-hydrogen) atoms. The third-order valence-corrected chi connectivity index (χ3v) is 5.09. The van der Waals surface area contributed by atoms with E-state index in [9.17, 15) is 9.50 Å². The zero-order valence-electron chi connectivity index (χ0n) is 21.1. The molecule has 0 aliphatic heterocycles. The molecule has 3 rings (SSSR count). The number of allylic oxidation sites excluding steroid dienone is 2. The van der Waals surface area contributed by atoms with E-state index in [-0.39, 0.29) is 17.7 Å².